The number of likely N-dealkylation sites (tertiary alicyclic amines) is 1. The average molecular weight is 226 g/mol. The van der Waals surface area contributed by atoms with Crippen LogP contribution in [0.25, 0.3) is 0 Å². The van der Waals surface area contributed by atoms with Crippen LogP contribution in [0.4, 0.5) is 0 Å². The molecule has 0 amide bonds. The Balaban J connectivity index is 2.16. The molecule has 1 aliphatic heterocycles. The fraction of sp³-hybridized carbons (Fsp3) is 0.846. The van der Waals surface area contributed by atoms with Gasteiger partial charge in [-0.1, -0.05) is 11.6 Å². The maximum atomic E-state index is 9.20. The van der Waals surface area contributed by atoms with Crippen molar-refractivity contribution >= 4 is 0 Å². The van der Waals surface area contributed by atoms with Gasteiger partial charge in [0.05, 0.1) is 6.10 Å². The molecule has 1 saturated heterocycles. The molecule has 1 fully saturated rings. The standard InChI is InChI=1S/C13H26N2O/c1-11(2)4-7-15-8-5-13(6-9-15)14-10-12(3)16/h4,12-14,16H,5-10H2,1-3H3/t12-/m0/s1. The van der Waals surface area contributed by atoms with Gasteiger partial charge >= 0.3 is 0 Å². The molecule has 3 heteroatoms. The Morgan fingerprint density at radius 3 is 2.56 bits per heavy atom. The van der Waals surface area contributed by atoms with E-state index in [9.17, 15) is 5.11 Å². The number of rotatable bonds is 5. The van der Waals surface area contributed by atoms with Gasteiger partial charge in [0.1, 0.15) is 0 Å². The molecule has 1 rings (SSSR count). The normalized spacial score (nSPS) is 20.8. The third kappa shape index (κ3) is 5.64. The fourth-order valence-corrected chi connectivity index (χ4v) is 1.97. The molecule has 0 unspecified atom stereocenters. The van der Waals surface area contributed by atoms with Gasteiger partial charge in [0, 0.05) is 19.1 Å². The van der Waals surface area contributed by atoms with Crippen molar-refractivity contribution < 1.29 is 5.11 Å². The van der Waals surface area contributed by atoms with Crippen molar-refractivity contribution in [1.82, 2.24) is 10.2 Å². The van der Waals surface area contributed by atoms with E-state index < -0.39 is 0 Å². The number of allylic oxidation sites excluding steroid dienone is 1. The Morgan fingerprint density at radius 2 is 2.06 bits per heavy atom. The lowest BCUT2D eigenvalue weighted by molar-refractivity contribution is 0.167. The molecule has 0 radical (unpaired) electrons. The van der Waals surface area contributed by atoms with E-state index >= 15 is 0 Å². The first-order chi connectivity index (χ1) is 7.58. The van der Waals surface area contributed by atoms with E-state index in [-0.39, 0.29) is 6.10 Å². The van der Waals surface area contributed by atoms with Crippen molar-refractivity contribution in [2.45, 2.75) is 45.8 Å². The van der Waals surface area contributed by atoms with Gasteiger partial charge in [-0.05, 0) is 46.7 Å². The van der Waals surface area contributed by atoms with Gasteiger partial charge < -0.3 is 10.4 Å². The van der Waals surface area contributed by atoms with Crippen LogP contribution in [0.15, 0.2) is 11.6 Å². The van der Waals surface area contributed by atoms with Crippen LogP contribution in [-0.4, -0.2) is 48.3 Å². The molecule has 1 heterocycles. The summed E-state index contributed by atoms with van der Waals surface area (Å²) in [6.45, 7) is 10.3. The van der Waals surface area contributed by atoms with Crippen molar-refractivity contribution in [1.29, 1.82) is 0 Å². The quantitative estimate of drug-likeness (QED) is 0.695. The largest absolute Gasteiger partial charge is 0.392 e. The number of aliphatic hydroxyl groups is 1. The van der Waals surface area contributed by atoms with Gasteiger partial charge in [0.25, 0.3) is 0 Å². The summed E-state index contributed by atoms with van der Waals surface area (Å²) in [5, 5.41) is 12.6. The highest BCUT2D eigenvalue weighted by Gasteiger charge is 2.17. The number of piperidine rings is 1. The molecule has 16 heavy (non-hydrogen) atoms. The minimum absolute atomic E-state index is 0.233. The lowest BCUT2D eigenvalue weighted by atomic mass is 10.0. The summed E-state index contributed by atoms with van der Waals surface area (Å²) in [7, 11) is 0. The van der Waals surface area contributed by atoms with E-state index in [1.165, 1.54) is 31.5 Å². The Labute approximate surface area is 99.5 Å². The number of hydrogen-bond donors (Lipinski definition) is 2. The fourth-order valence-electron chi connectivity index (χ4n) is 1.97. The van der Waals surface area contributed by atoms with Gasteiger partial charge in [-0.3, -0.25) is 4.90 Å². The zero-order chi connectivity index (χ0) is 12.0. The Morgan fingerprint density at radius 1 is 1.44 bits per heavy atom. The summed E-state index contributed by atoms with van der Waals surface area (Å²) in [5.74, 6) is 0. The second kappa shape index (κ2) is 7.05. The molecule has 0 aromatic rings. The predicted molar refractivity (Wildman–Crippen MR) is 68.6 cm³/mol. The third-order valence-corrected chi connectivity index (χ3v) is 3.05. The maximum Gasteiger partial charge on any atom is 0.0636 e. The zero-order valence-electron chi connectivity index (χ0n) is 10.9. The molecule has 1 aliphatic rings. The van der Waals surface area contributed by atoms with Gasteiger partial charge in [-0.15, -0.1) is 0 Å². The van der Waals surface area contributed by atoms with E-state index in [1.807, 2.05) is 6.92 Å². The van der Waals surface area contributed by atoms with Crippen LogP contribution in [0.2, 0.25) is 0 Å². The second-order valence-electron chi connectivity index (χ2n) is 5.11. The van der Waals surface area contributed by atoms with E-state index in [2.05, 4.69) is 30.1 Å². The lowest BCUT2D eigenvalue weighted by Gasteiger charge is -2.32. The zero-order valence-corrected chi connectivity index (χ0v) is 10.9. The van der Waals surface area contributed by atoms with Crippen LogP contribution < -0.4 is 5.32 Å². The maximum absolute atomic E-state index is 9.20. The number of nitrogens with one attached hydrogen (secondary N) is 1. The van der Waals surface area contributed by atoms with Crippen molar-refractivity contribution in [2.75, 3.05) is 26.2 Å². The molecular formula is C13H26N2O. The molecule has 1 atom stereocenters. The summed E-state index contributed by atoms with van der Waals surface area (Å²) in [4.78, 5) is 2.49. The monoisotopic (exact) mass is 226 g/mol. The van der Waals surface area contributed by atoms with Gasteiger partial charge in [-0.2, -0.15) is 0 Å². The van der Waals surface area contributed by atoms with Gasteiger partial charge in [-0.25, -0.2) is 0 Å². The Bertz CT molecular complexity index is 214. The summed E-state index contributed by atoms with van der Waals surface area (Å²) in [5.41, 5.74) is 1.40. The highest BCUT2D eigenvalue weighted by molar-refractivity contribution is 4.95. The smallest absolute Gasteiger partial charge is 0.0636 e. The SMILES string of the molecule is CC(C)=CCN1CCC(NC[C@H](C)O)CC1. The highest BCUT2D eigenvalue weighted by Crippen LogP contribution is 2.10. The molecule has 3 nitrogen and oxygen atoms in total. The predicted octanol–water partition coefficient (Wildman–Crippen LogP) is 1.39. The van der Waals surface area contributed by atoms with Crippen molar-refractivity contribution in [3.05, 3.63) is 11.6 Å². The van der Waals surface area contributed by atoms with E-state index in [0.29, 0.717) is 6.04 Å². The summed E-state index contributed by atoms with van der Waals surface area (Å²) >= 11 is 0. The summed E-state index contributed by atoms with van der Waals surface area (Å²) < 4.78 is 0. The first-order valence-electron chi connectivity index (χ1n) is 6.35. The Hall–Kier alpha value is -0.380. The molecular weight excluding hydrogens is 200 g/mol. The van der Waals surface area contributed by atoms with Gasteiger partial charge in [0.15, 0.2) is 0 Å². The van der Waals surface area contributed by atoms with Crippen LogP contribution in [-0.2, 0) is 0 Å². The molecule has 0 saturated carbocycles. The molecule has 2 N–H and O–H groups in total. The first kappa shape index (κ1) is 13.7. The molecule has 0 bridgehead atoms. The highest BCUT2D eigenvalue weighted by atomic mass is 16.3. The van der Waals surface area contributed by atoms with Crippen LogP contribution in [0, 0.1) is 0 Å². The Kier molecular flexibility index (Phi) is 6.03. The van der Waals surface area contributed by atoms with Crippen molar-refractivity contribution in [3.8, 4) is 0 Å². The minimum Gasteiger partial charge on any atom is -0.392 e. The molecule has 0 aliphatic carbocycles. The number of hydrogen-bond acceptors (Lipinski definition) is 3. The average Bonchev–Trinajstić information content (AvgIpc) is 2.25. The number of nitrogens with zero attached hydrogens (tertiary/aromatic N) is 1. The van der Waals surface area contributed by atoms with Gasteiger partial charge in [0.2, 0.25) is 0 Å². The van der Waals surface area contributed by atoms with Crippen molar-refractivity contribution in [2.24, 2.45) is 0 Å². The van der Waals surface area contributed by atoms with Crippen LogP contribution >= 0.6 is 0 Å². The van der Waals surface area contributed by atoms with E-state index in [1.54, 1.807) is 0 Å². The molecule has 0 spiro atoms. The topological polar surface area (TPSA) is 35.5 Å². The number of aliphatic hydroxyl groups excluding tert-OH is 1. The molecule has 0 aromatic heterocycles. The van der Waals surface area contributed by atoms with E-state index in [0.717, 1.165) is 13.1 Å². The summed E-state index contributed by atoms with van der Waals surface area (Å²) in [6, 6.07) is 0.595. The van der Waals surface area contributed by atoms with Crippen molar-refractivity contribution in [3.63, 3.8) is 0 Å². The lowest BCUT2D eigenvalue weighted by Crippen LogP contribution is -2.44. The van der Waals surface area contributed by atoms with Crippen LogP contribution in [0.1, 0.15) is 33.6 Å². The first-order valence-corrected chi connectivity index (χ1v) is 6.35. The minimum atomic E-state index is -0.233. The molecule has 0 aromatic carbocycles. The molecule has 94 valence electrons. The van der Waals surface area contributed by atoms with Crippen LogP contribution in [0.3, 0.4) is 0 Å². The van der Waals surface area contributed by atoms with E-state index in [4.69, 9.17) is 0 Å². The van der Waals surface area contributed by atoms with Crippen LogP contribution in [0.5, 0.6) is 0 Å². The second-order valence-corrected chi connectivity index (χ2v) is 5.11. The third-order valence-electron chi connectivity index (χ3n) is 3.05. The summed E-state index contributed by atoms with van der Waals surface area (Å²) in [6.07, 6.45) is 4.46.